The van der Waals surface area contributed by atoms with Gasteiger partial charge >= 0.3 is 0 Å². The minimum Gasteiger partial charge on any atom is -0.345 e. The minimum absolute atomic E-state index is 0.0401. The summed E-state index contributed by atoms with van der Waals surface area (Å²) in [4.78, 5) is 14.1. The molecule has 112 valence electrons. The summed E-state index contributed by atoms with van der Waals surface area (Å²) >= 11 is 6.40. The number of hydrazine groups is 1. The number of halogens is 2. The fourth-order valence-electron chi connectivity index (χ4n) is 1.65. The van der Waals surface area contributed by atoms with Crippen LogP contribution in [0.3, 0.4) is 0 Å². The molecule has 0 saturated carbocycles. The van der Waals surface area contributed by atoms with E-state index in [9.17, 15) is 13.2 Å². The highest BCUT2D eigenvalue weighted by Crippen LogP contribution is 2.20. The molecular weight excluding hydrogens is 426 g/mol. The number of nitrogens with one attached hydrogen (secondary N) is 2. The number of aryl methyl sites for hydroxylation is 1. The average Bonchev–Trinajstić information content (AvgIpc) is 2.75. The Labute approximate surface area is 138 Å². The van der Waals surface area contributed by atoms with Crippen LogP contribution in [0.5, 0.6) is 0 Å². The zero-order valence-corrected chi connectivity index (χ0v) is 14.8. The van der Waals surface area contributed by atoms with Crippen molar-refractivity contribution in [2.75, 3.05) is 0 Å². The van der Waals surface area contributed by atoms with Gasteiger partial charge in [0.1, 0.15) is 5.69 Å². The Morgan fingerprint density at radius 2 is 1.90 bits per heavy atom. The van der Waals surface area contributed by atoms with E-state index in [0.717, 1.165) is 4.47 Å². The average molecular weight is 437 g/mol. The summed E-state index contributed by atoms with van der Waals surface area (Å²) in [7, 11) is -2.17. The summed E-state index contributed by atoms with van der Waals surface area (Å²) in [6.07, 6.45) is 1.69. The van der Waals surface area contributed by atoms with Gasteiger partial charge < -0.3 is 4.57 Å². The Balaban J connectivity index is 2.14. The molecule has 9 heteroatoms. The number of nitrogens with zero attached hydrogens (tertiary/aromatic N) is 1. The third kappa shape index (κ3) is 3.73. The van der Waals surface area contributed by atoms with Crippen molar-refractivity contribution in [2.45, 2.75) is 4.90 Å². The second kappa shape index (κ2) is 6.30. The van der Waals surface area contributed by atoms with E-state index in [4.69, 9.17) is 0 Å². The van der Waals surface area contributed by atoms with Crippen LogP contribution in [0, 0.1) is 0 Å². The van der Waals surface area contributed by atoms with Crippen LogP contribution in [-0.2, 0) is 17.1 Å². The van der Waals surface area contributed by atoms with Crippen LogP contribution in [0.2, 0.25) is 0 Å². The lowest BCUT2D eigenvalue weighted by molar-refractivity contribution is 0.0937. The molecule has 0 saturated heterocycles. The molecule has 0 aliphatic rings. The predicted octanol–water partition coefficient (Wildman–Crippen LogP) is 2.17. The Bertz CT molecular complexity index is 787. The molecule has 1 heterocycles. The van der Waals surface area contributed by atoms with Gasteiger partial charge in [0.05, 0.1) is 4.90 Å². The van der Waals surface area contributed by atoms with Gasteiger partial charge in [-0.1, -0.05) is 12.1 Å². The van der Waals surface area contributed by atoms with Crippen molar-refractivity contribution in [3.8, 4) is 0 Å². The van der Waals surface area contributed by atoms with Crippen LogP contribution >= 0.6 is 31.9 Å². The molecule has 0 aliphatic carbocycles. The molecule has 0 spiro atoms. The number of sulfonamides is 1. The lowest BCUT2D eigenvalue weighted by Gasteiger charge is -2.10. The van der Waals surface area contributed by atoms with E-state index >= 15 is 0 Å². The SMILES string of the molecule is Cn1cc(Br)cc1C(=O)NNS(=O)(=O)c1ccccc1Br. The first kappa shape index (κ1) is 16.2. The van der Waals surface area contributed by atoms with Crippen molar-refractivity contribution in [3.63, 3.8) is 0 Å². The first-order chi connectivity index (χ1) is 9.81. The van der Waals surface area contributed by atoms with Crippen molar-refractivity contribution < 1.29 is 13.2 Å². The topological polar surface area (TPSA) is 80.2 Å². The maximum absolute atomic E-state index is 12.1. The van der Waals surface area contributed by atoms with E-state index < -0.39 is 15.9 Å². The third-order valence-corrected chi connectivity index (χ3v) is 5.32. The van der Waals surface area contributed by atoms with Crippen LogP contribution in [-0.4, -0.2) is 18.9 Å². The first-order valence-corrected chi connectivity index (χ1v) is 8.77. The van der Waals surface area contributed by atoms with Gasteiger partial charge in [-0.05, 0) is 50.1 Å². The van der Waals surface area contributed by atoms with E-state index in [2.05, 4.69) is 42.1 Å². The van der Waals surface area contributed by atoms with E-state index in [1.54, 1.807) is 42.1 Å². The van der Waals surface area contributed by atoms with E-state index in [-0.39, 0.29) is 4.90 Å². The molecule has 6 nitrogen and oxygen atoms in total. The molecule has 2 rings (SSSR count). The lowest BCUT2D eigenvalue weighted by Crippen LogP contribution is -2.42. The summed E-state index contributed by atoms with van der Waals surface area (Å²) < 4.78 is 26.9. The zero-order valence-electron chi connectivity index (χ0n) is 10.8. The van der Waals surface area contributed by atoms with Gasteiger partial charge in [-0.2, -0.15) is 0 Å². The number of hydrogen-bond acceptors (Lipinski definition) is 3. The van der Waals surface area contributed by atoms with Crippen LogP contribution < -0.4 is 10.3 Å². The highest BCUT2D eigenvalue weighted by Gasteiger charge is 2.19. The second-order valence-corrected chi connectivity index (χ2v) is 7.57. The Hall–Kier alpha value is -1.16. The number of carbonyl (C=O) groups is 1. The van der Waals surface area contributed by atoms with Crippen molar-refractivity contribution in [3.05, 3.63) is 51.2 Å². The van der Waals surface area contributed by atoms with Crippen LogP contribution in [0.4, 0.5) is 0 Å². The number of benzene rings is 1. The molecule has 0 unspecified atom stereocenters. The Morgan fingerprint density at radius 3 is 2.48 bits per heavy atom. The van der Waals surface area contributed by atoms with E-state index in [0.29, 0.717) is 10.2 Å². The smallest absolute Gasteiger partial charge is 0.282 e. The number of amides is 1. The van der Waals surface area contributed by atoms with Crippen molar-refractivity contribution in [2.24, 2.45) is 7.05 Å². The Kier molecular flexibility index (Phi) is 4.87. The summed E-state index contributed by atoms with van der Waals surface area (Å²) in [5.74, 6) is -0.557. The maximum atomic E-state index is 12.1. The van der Waals surface area contributed by atoms with Gasteiger partial charge in [0.15, 0.2) is 0 Å². The molecule has 0 radical (unpaired) electrons. The second-order valence-electron chi connectivity index (χ2n) is 4.14. The number of carbonyl (C=O) groups excluding carboxylic acids is 1. The number of aromatic nitrogens is 1. The van der Waals surface area contributed by atoms with Crippen molar-refractivity contribution in [1.29, 1.82) is 0 Å². The molecule has 2 aromatic rings. The van der Waals surface area contributed by atoms with Gasteiger partial charge in [0, 0.05) is 22.2 Å². The largest absolute Gasteiger partial charge is 0.345 e. The first-order valence-electron chi connectivity index (χ1n) is 5.70. The molecule has 0 aliphatic heterocycles. The highest BCUT2D eigenvalue weighted by atomic mass is 79.9. The fourth-order valence-corrected chi connectivity index (χ4v) is 4.01. The molecule has 1 aromatic heterocycles. The lowest BCUT2D eigenvalue weighted by atomic mass is 10.4. The zero-order chi connectivity index (χ0) is 15.6. The highest BCUT2D eigenvalue weighted by molar-refractivity contribution is 9.10. The van der Waals surface area contributed by atoms with Crippen LogP contribution in [0.1, 0.15) is 10.5 Å². The van der Waals surface area contributed by atoms with Gasteiger partial charge in [-0.15, -0.1) is 4.83 Å². The van der Waals surface area contributed by atoms with Crippen LogP contribution in [0.15, 0.2) is 50.4 Å². The van der Waals surface area contributed by atoms with E-state index in [1.807, 2.05) is 0 Å². The predicted molar refractivity (Wildman–Crippen MR) is 85.0 cm³/mol. The van der Waals surface area contributed by atoms with Gasteiger partial charge in [-0.25, -0.2) is 8.42 Å². The Morgan fingerprint density at radius 1 is 1.24 bits per heavy atom. The van der Waals surface area contributed by atoms with Crippen LogP contribution in [0.25, 0.3) is 0 Å². The molecular formula is C12H11Br2N3O3S. The fraction of sp³-hybridized carbons (Fsp3) is 0.0833. The molecule has 1 aromatic carbocycles. The molecule has 0 atom stereocenters. The number of hydrogen-bond donors (Lipinski definition) is 2. The van der Waals surface area contributed by atoms with Crippen molar-refractivity contribution in [1.82, 2.24) is 14.8 Å². The summed E-state index contributed by atoms with van der Waals surface area (Å²) in [5, 5.41) is 0. The summed E-state index contributed by atoms with van der Waals surface area (Å²) in [5.41, 5.74) is 2.50. The maximum Gasteiger partial charge on any atom is 0.282 e. The minimum atomic E-state index is -3.85. The molecule has 21 heavy (non-hydrogen) atoms. The van der Waals surface area contributed by atoms with Gasteiger partial charge in [0.2, 0.25) is 0 Å². The van der Waals surface area contributed by atoms with Crippen molar-refractivity contribution >= 4 is 47.8 Å². The normalized spacial score (nSPS) is 11.4. The van der Waals surface area contributed by atoms with Gasteiger partial charge in [-0.3, -0.25) is 10.2 Å². The third-order valence-electron chi connectivity index (χ3n) is 2.63. The number of rotatable bonds is 4. The summed E-state index contributed by atoms with van der Waals surface area (Å²) in [6, 6.07) is 7.91. The molecule has 0 fully saturated rings. The monoisotopic (exact) mass is 435 g/mol. The molecule has 1 amide bonds. The molecule has 2 N–H and O–H groups in total. The summed E-state index contributed by atoms with van der Waals surface area (Å²) in [6.45, 7) is 0. The van der Waals surface area contributed by atoms with Gasteiger partial charge in [0.25, 0.3) is 15.9 Å². The van der Waals surface area contributed by atoms with E-state index in [1.165, 1.54) is 6.07 Å². The standard InChI is InChI=1S/C12H11Br2N3O3S/c1-17-7-8(13)6-10(17)12(18)15-16-21(19,20)11-5-3-2-4-9(11)14/h2-7,16H,1H3,(H,15,18). The molecule has 0 bridgehead atoms. The quantitative estimate of drug-likeness (QED) is 0.720.